The molecule has 4 nitrogen and oxygen atoms in total. The molecule has 0 N–H and O–H groups in total. The Morgan fingerprint density at radius 1 is 1.19 bits per heavy atom. The summed E-state index contributed by atoms with van der Waals surface area (Å²) >= 11 is 1.39. The third kappa shape index (κ3) is 3.49. The molecule has 1 aliphatic heterocycles. The summed E-state index contributed by atoms with van der Waals surface area (Å²) in [6.07, 6.45) is 1.85. The molecular formula is C21H20FN3OS. The van der Waals surface area contributed by atoms with Crippen LogP contribution in [0, 0.1) is 19.7 Å². The van der Waals surface area contributed by atoms with E-state index < -0.39 is 0 Å². The number of rotatable bonds is 3. The summed E-state index contributed by atoms with van der Waals surface area (Å²) in [5, 5.41) is 0. The maximum Gasteiger partial charge on any atom is 0.266 e. The van der Waals surface area contributed by atoms with Gasteiger partial charge in [-0.05, 0) is 62.1 Å². The standard InChI is InChI=1S/C21H20FN3OS/c1-13-10-16(15-5-7-17(22)8-6-15)11-18(24-13)19-4-3-9-25(19)21(26)20-14(2)23-12-27-20/h5-8,10-12,19H,3-4,9H2,1-2H3. The molecule has 1 unspecified atom stereocenters. The number of carbonyl (C=O) groups excluding carboxylic acids is 1. The van der Waals surface area contributed by atoms with Crippen LogP contribution in [0.15, 0.2) is 41.9 Å². The van der Waals surface area contributed by atoms with Gasteiger partial charge in [0.15, 0.2) is 0 Å². The van der Waals surface area contributed by atoms with E-state index >= 15 is 0 Å². The summed E-state index contributed by atoms with van der Waals surface area (Å²) in [5.41, 5.74) is 6.20. The van der Waals surface area contributed by atoms with E-state index in [0.717, 1.165) is 47.6 Å². The minimum absolute atomic E-state index is 0.0316. The minimum atomic E-state index is -0.253. The molecule has 1 aliphatic rings. The smallest absolute Gasteiger partial charge is 0.266 e. The Hall–Kier alpha value is -2.60. The van der Waals surface area contributed by atoms with Crippen molar-refractivity contribution in [1.82, 2.24) is 14.9 Å². The predicted molar refractivity (Wildman–Crippen MR) is 104 cm³/mol. The van der Waals surface area contributed by atoms with E-state index in [4.69, 9.17) is 4.98 Å². The van der Waals surface area contributed by atoms with E-state index in [1.165, 1.54) is 23.5 Å². The highest BCUT2D eigenvalue weighted by Crippen LogP contribution is 2.35. The van der Waals surface area contributed by atoms with Crippen LogP contribution in [0.5, 0.6) is 0 Å². The fourth-order valence-electron chi connectivity index (χ4n) is 3.63. The van der Waals surface area contributed by atoms with E-state index in [0.29, 0.717) is 4.88 Å². The fourth-order valence-corrected chi connectivity index (χ4v) is 4.39. The number of aromatic nitrogens is 2. The van der Waals surface area contributed by atoms with Gasteiger partial charge in [0.25, 0.3) is 5.91 Å². The highest BCUT2D eigenvalue weighted by Gasteiger charge is 2.33. The van der Waals surface area contributed by atoms with Gasteiger partial charge < -0.3 is 4.90 Å². The van der Waals surface area contributed by atoms with Crippen molar-refractivity contribution in [3.63, 3.8) is 0 Å². The van der Waals surface area contributed by atoms with Gasteiger partial charge in [0.2, 0.25) is 0 Å². The lowest BCUT2D eigenvalue weighted by molar-refractivity contribution is 0.0737. The second-order valence-electron chi connectivity index (χ2n) is 6.85. The Morgan fingerprint density at radius 2 is 1.96 bits per heavy atom. The quantitative estimate of drug-likeness (QED) is 0.646. The minimum Gasteiger partial charge on any atom is -0.329 e. The van der Waals surface area contributed by atoms with Crippen molar-refractivity contribution in [1.29, 1.82) is 0 Å². The zero-order valence-corrected chi connectivity index (χ0v) is 16.1. The zero-order chi connectivity index (χ0) is 19.0. The molecule has 138 valence electrons. The average Bonchev–Trinajstić information content (AvgIpc) is 3.30. The third-order valence-electron chi connectivity index (χ3n) is 4.95. The largest absolute Gasteiger partial charge is 0.329 e. The van der Waals surface area contributed by atoms with Crippen LogP contribution < -0.4 is 0 Å². The van der Waals surface area contributed by atoms with Crippen LogP contribution in [-0.2, 0) is 0 Å². The molecule has 1 atom stereocenters. The molecule has 0 aliphatic carbocycles. The number of pyridine rings is 1. The third-order valence-corrected chi connectivity index (χ3v) is 5.86. The van der Waals surface area contributed by atoms with E-state index in [9.17, 15) is 9.18 Å². The van der Waals surface area contributed by atoms with Crippen LogP contribution in [0.25, 0.3) is 11.1 Å². The molecule has 4 rings (SSSR count). The van der Waals surface area contributed by atoms with Gasteiger partial charge in [0, 0.05) is 12.2 Å². The molecule has 6 heteroatoms. The van der Waals surface area contributed by atoms with Crippen molar-refractivity contribution in [2.45, 2.75) is 32.7 Å². The van der Waals surface area contributed by atoms with Crippen LogP contribution in [-0.4, -0.2) is 27.3 Å². The normalized spacial score (nSPS) is 16.7. The molecule has 3 heterocycles. The molecule has 27 heavy (non-hydrogen) atoms. The van der Waals surface area contributed by atoms with E-state index in [1.807, 2.05) is 30.9 Å². The number of halogens is 1. The van der Waals surface area contributed by atoms with Crippen LogP contribution in [0.1, 0.15) is 45.6 Å². The summed E-state index contributed by atoms with van der Waals surface area (Å²) in [4.78, 5) is 24.6. The van der Waals surface area contributed by atoms with Gasteiger partial charge in [-0.2, -0.15) is 0 Å². The number of hydrogen-bond acceptors (Lipinski definition) is 4. The molecule has 1 fully saturated rings. The van der Waals surface area contributed by atoms with Crippen LogP contribution >= 0.6 is 11.3 Å². The molecule has 1 aromatic carbocycles. The maximum absolute atomic E-state index is 13.3. The van der Waals surface area contributed by atoms with Gasteiger partial charge in [0.1, 0.15) is 10.7 Å². The summed E-state index contributed by atoms with van der Waals surface area (Å²) in [6.45, 7) is 4.54. The average molecular weight is 381 g/mol. The van der Waals surface area contributed by atoms with Crippen molar-refractivity contribution >= 4 is 17.2 Å². The Balaban J connectivity index is 1.68. The number of aryl methyl sites for hydroxylation is 2. The van der Waals surface area contributed by atoms with Gasteiger partial charge in [-0.15, -0.1) is 11.3 Å². The van der Waals surface area contributed by atoms with Gasteiger partial charge >= 0.3 is 0 Å². The molecule has 3 aromatic rings. The molecule has 0 radical (unpaired) electrons. The SMILES string of the molecule is Cc1cc(-c2ccc(F)cc2)cc(C2CCCN2C(=O)c2scnc2C)n1. The van der Waals surface area contributed by atoms with E-state index in [1.54, 1.807) is 17.6 Å². The van der Waals surface area contributed by atoms with Gasteiger partial charge in [0.05, 0.1) is 22.9 Å². The first-order chi connectivity index (χ1) is 13.0. The number of amides is 1. The first-order valence-electron chi connectivity index (χ1n) is 8.98. The van der Waals surface area contributed by atoms with Crippen molar-refractivity contribution in [3.05, 3.63) is 69.7 Å². The lowest BCUT2D eigenvalue weighted by Gasteiger charge is -2.24. The Kier molecular flexibility index (Phi) is 4.74. The van der Waals surface area contributed by atoms with Gasteiger partial charge in [-0.3, -0.25) is 9.78 Å². The number of benzene rings is 1. The van der Waals surface area contributed by atoms with Crippen LogP contribution in [0.3, 0.4) is 0 Å². The Bertz CT molecular complexity index is 983. The summed E-state index contributed by atoms with van der Waals surface area (Å²) in [6, 6.07) is 10.4. The first-order valence-corrected chi connectivity index (χ1v) is 9.86. The lowest BCUT2D eigenvalue weighted by Crippen LogP contribution is -2.31. The highest BCUT2D eigenvalue weighted by molar-refractivity contribution is 7.11. The van der Waals surface area contributed by atoms with Crippen molar-refractivity contribution < 1.29 is 9.18 Å². The van der Waals surface area contributed by atoms with E-state index in [2.05, 4.69) is 4.98 Å². The first kappa shape index (κ1) is 17.8. The lowest BCUT2D eigenvalue weighted by atomic mass is 10.0. The number of carbonyl (C=O) groups is 1. The number of thiazole rings is 1. The van der Waals surface area contributed by atoms with Gasteiger partial charge in [-0.25, -0.2) is 9.37 Å². The summed E-state index contributed by atoms with van der Waals surface area (Å²) in [7, 11) is 0. The monoisotopic (exact) mass is 381 g/mol. The molecule has 2 aromatic heterocycles. The molecule has 0 saturated carbocycles. The molecule has 1 saturated heterocycles. The van der Waals surface area contributed by atoms with Crippen molar-refractivity contribution in [2.24, 2.45) is 0 Å². The van der Waals surface area contributed by atoms with Crippen molar-refractivity contribution in [2.75, 3.05) is 6.54 Å². The predicted octanol–water partition coefficient (Wildman–Crippen LogP) is 4.94. The van der Waals surface area contributed by atoms with E-state index in [-0.39, 0.29) is 17.8 Å². The van der Waals surface area contributed by atoms with Gasteiger partial charge in [-0.1, -0.05) is 12.1 Å². The van der Waals surface area contributed by atoms with Crippen LogP contribution in [0.4, 0.5) is 4.39 Å². The second kappa shape index (κ2) is 7.19. The molecule has 0 spiro atoms. The Morgan fingerprint density at radius 3 is 2.67 bits per heavy atom. The molecular weight excluding hydrogens is 361 g/mol. The maximum atomic E-state index is 13.3. The second-order valence-corrected chi connectivity index (χ2v) is 7.71. The number of nitrogens with zero attached hydrogens (tertiary/aromatic N) is 3. The number of likely N-dealkylation sites (tertiary alicyclic amines) is 1. The summed E-state index contributed by atoms with van der Waals surface area (Å²) < 4.78 is 13.3. The Labute approximate surface area is 161 Å². The number of hydrogen-bond donors (Lipinski definition) is 0. The molecule has 1 amide bonds. The highest BCUT2D eigenvalue weighted by atomic mass is 32.1. The summed E-state index contributed by atoms with van der Waals surface area (Å²) in [5.74, 6) is -0.221. The zero-order valence-electron chi connectivity index (χ0n) is 15.3. The molecule has 0 bridgehead atoms. The van der Waals surface area contributed by atoms with Crippen LogP contribution in [0.2, 0.25) is 0 Å². The fraction of sp³-hybridized carbons (Fsp3) is 0.286. The van der Waals surface area contributed by atoms with Crippen molar-refractivity contribution in [3.8, 4) is 11.1 Å². The topological polar surface area (TPSA) is 46.1 Å².